The van der Waals surface area contributed by atoms with Crippen molar-refractivity contribution in [1.82, 2.24) is 10.2 Å². The standard InChI is InChI=1S/C21H26N2O4/c1-3-14(2)27-17-11-9-15(10-12-17)13-18-19(24)22-21(26)23(20(18)25)16-7-5-4-6-8-16/h9-14,16H,3-8H2,1-2H3,(H,22,24,26)/b18-13+/t14-/m0/s1. The van der Waals surface area contributed by atoms with Crippen molar-refractivity contribution in [2.75, 3.05) is 0 Å². The molecule has 0 spiro atoms. The summed E-state index contributed by atoms with van der Waals surface area (Å²) in [6.45, 7) is 4.05. The summed E-state index contributed by atoms with van der Waals surface area (Å²) in [5.74, 6) is -0.405. The molecule has 1 N–H and O–H groups in total. The molecule has 1 atom stereocenters. The summed E-state index contributed by atoms with van der Waals surface area (Å²) in [7, 11) is 0. The highest BCUT2D eigenvalue weighted by Gasteiger charge is 2.40. The van der Waals surface area contributed by atoms with E-state index in [1.807, 2.05) is 19.1 Å². The number of nitrogens with zero attached hydrogens (tertiary/aromatic N) is 1. The van der Waals surface area contributed by atoms with E-state index in [1.54, 1.807) is 12.1 Å². The van der Waals surface area contributed by atoms with Gasteiger partial charge in [-0.05, 0) is 50.0 Å². The predicted molar refractivity (Wildman–Crippen MR) is 102 cm³/mol. The Bertz CT molecular complexity index is 748. The first-order chi connectivity index (χ1) is 13.0. The summed E-state index contributed by atoms with van der Waals surface area (Å²) in [5.41, 5.74) is 0.707. The van der Waals surface area contributed by atoms with Crippen LogP contribution < -0.4 is 10.1 Å². The maximum atomic E-state index is 12.9. The number of ether oxygens (including phenoxy) is 1. The number of nitrogens with one attached hydrogen (secondary N) is 1. The largest absolute Gasteiger partial charge is 0.491 e. The number of carbonyl (C=O) groups excluding carboxylic acids is 3. The van der Waals surface area contributed by atoms with E-state index in [2.05, 4.69) is 12.2 Å². The van der Waals surface area contributed by atoms with Crippen LogP contribution in [0.15, 0.2) is 29.8 Å². The van der Waals surface area contributed by atoms with Gasteiger partial charge in [0, 0.05) is 6.04 Å². The van der Waals surface area contributed by atoms with Crippen molar-refractivity contribution in [2.45, 2.75) is 64.5 Å². The van der Waals surface area contributed by atoms with Gasteiger partial charge in [0.25, 0.3) is 11.8 Å². The number of urea groups is 1. The molecule has 144 valence electrons. The van der Waals surface area contributed by atoms with Crippen LogP contribution in [0, 0.1) is 0 Å². The zero-order chi connectivity index (χ0) is 19.4. The molecule has 2 aliphatic rings. The Morgan fingerprint density at radius 1 is 1.15 bits per heavy atom. The minimum Gasteiger partial charge on any atom is -0.491 e. The number of hydrogen-bond acceptors (Lipinski definition) is 4. The highest BCUT2D eigenvalue weighted by molar-refractivity contribution is 6.31. The number of imide groups is 2. The first-order valence-electron chi connectivity index (χ1n) is 9.67. The smallest absolute Gasteiger partial charge is 0.331 e. The van der Waals surface area contributed by atoms with Crippen LogP contribution >= 0.6 is 0 Å². The lowest BCUT2D eigenvalue weighted by molar-refractivity contribution is -0.132. The first-order valence-corrected chi connectivity index (χ1v) is 9.67. The number of benzene rings is 1. The zero-order valence-electron chi connectivity index (χ0n) is 15.9. The number of carbonyl (C=O) groups is 3. The molecule has 0 unspecified atom stereocenters. The van der Waals surface area contributed by atoms with E-state index in [9.17, 15) is 14.4 Å². The van der Waals surface area contributed by atoms with Crippen LogP contribution in [0.25, 0.3) is 6.08 Å². The molecule has 0 bridgehead atoms. The Morgan fingerprint density at radius 2 is 1.81 bits per heavy atom. The first kappa shape index (κ1) is 19.1. The summed E-state index contributed by atoms with van der Waals surface area (Å²) in [5, 5.41) is 2.31. The molecule has 1 saturated carbocycles. The number of hydrogen-bond donors (Lipinski definition) is 1. The second kappa shape index (κ2) is 8.37. The molecule has 6 heteroatoms. The molecule has 1 aliphatic carbocycles. The quantitative estimate of drug-likeness (QED) is 0.634. The van der Waals surface area contributed by atoms with Gasteiger partial charge in [-0.15, -0.1) is 0 Å². The Labute approximate surface area is 159 Å². The lowest BCUT2D eigenvalue weighted by atomic mass is 9.93. The highest BCUT2D eigenvalue weighted by atomic mass is 16.5. The van der Waals surface area contributed by atoms with Crippen LogP contribution in [0.3, 0.4) is 0 Å². The van der Waals surface area contributed by atoms with Crippen LogP contribution in [-0.4, -0.2) is 34.9 Å². The van der Waals surface area contributed by atoms with Crippen molar-refractivity contribution >= 4 is 23.9 Å². The number of rotatable bonds is 5. The Balaban J connectivity index is 1.80. The van der Waals surface area contributed by atoms with Gasteiger partial charge in [-0.2, -0.15) is 0 Å². The highest BCUT2D eigenvalue weighted by Crippen LogP contribution is 2.26. The van der Waals surface area contributed by atoms with E-state index in [1.165, 1.54) is 11.0 Å². The average molecular weight is 370 g/mol. The molecule has 6 nitrogen and oxygen atoms in total. The maximum Gasteiger partial charge on any atom is 0.331 e. The zero-order valence-corrected chi connectivity index (χ0v) is 15.9. The molecule has 1 heterocycles. The van der Waals surface area contributed by atoms with Crippen molar-refractivity contribution in [3.8, 4) is 5.75 Å². The van der Waals surface area contributed by atoms with Gasteiger partial charge in [0.2, 0.25) is 0 Å². The van der Waals surface area contributed by atoms with Crippen LogP contribution in [0.5, 0.6) is 5.75 Å². The van der Waals surface area contributed by atoms with Crippen LogP contribution in [0.2, 0.25) is 0 Å². The maximum absolute atomic E-state index is 12.9. The van der Waals surface area contributed by atoms with E-state index in [0.717, 1.165) is 44.3 Å². The van der Waals surface area contributed by atoms with Crippen molar-refractivity contribution < 1.29 is 19.1 Å². The van der Waals surface area contributed by atoms with Gasteiger partial charge in [-0.3, -0.25) is 19.8 Å². The predicted octanol–water partition coefficient (Wildman–Crippen LogP) is 3.66. The monoisotopic (exact) mass is 370 g/mol. The molecule has 1 aromatic rings. The Kier molecular flexibility index (Phi) is 5.94. The van der Waals surface area contributed by atoms with Gasteiger partial charge in [0.05, 0.1) is 6.10 Å². The summed E-state index contributed by atoms with van der Waals surface area (Å²) in [6.07, 6.45) is 7.25. The van der Waals surface area contributed by atoms with Gasteiger partial charge in [-0.25, -0.2) is 4.79 Å². The number of barbiturate groups is 1. The Hall–Kier alpha value is -2.63. The second-order valence-corrected chi connectivity index (χ2v) is 7.19. The van der Waals surface area contributed by atoms with E-state index >= 15 is 0 Å². The molecule has 2 fully saturated rings. The van der Waals surface area contributed by atoms with Gasteiger partial charge in [0.1, 0.15) is 11.3 Å². The van der Waals surface area contributed by atoms with E-state index in [0.29, 0.717) is 5.56 Å². The summed E-state index contributed by atoms with van der Waals surface area (Å²) in [6, 6.07) is 6.49. The van der Waals surface area contributed by atoms with E-state index in [-0.39, 0.29) is 17.7 Å². The van der Waals surface area contributed by atoms with Crippen molar-refractivity contribution in [3.05, 3.63) is 35.4 Å². The third-order valence-electron chi connectivity index (χ3n) is 5.18. The van der Waals surface area contributed by atoms with Crippen LogP contribution in [-0.2, 0) is 9.59 Å². The molecule has 1 saturated heterocycles. The molecule has 1 aromatic carbocycles. The molecule has 4 amide bonds. The van der Waals surface area contributed by atoms with Crippen LogP contribution in [0.4, 0.5) is 4.79 Å². The fraction of sp³-hybridized carbons (Fsp3) is 0.476. The summed E-state index contributed by atoms with van der Waals surface area (Å²) >= 11 is 0. The number of amides is 4. The van der Waals surface area contributed by atoms with E-state index in [4.69, 9.17) is 4.74 Å². The van der Waals surface area contributed by atoms with Crippen molar-refractivity contribution in [2.24, 2.45) is 0 Å². The van der Waals surface area contributed by atoms with Crippen molar-refractivity contribution in [3.63, 3.8) is 0 Å². The van der Waals surface area contributed by atoms with Crippen molar-refractivity contribution in [1.29, 1.82) is 0 Å². The molecule has 27 heavy (non-hydrogen) atoms. The SMILES string of the molecule is CC[C@H](C)Oc1ccc(/C=C2\C(=O)NC(=O)N(C3CCCCC3)C2=O)cc1. The molecular formula is C21H26N2O4. The van der Waals surface area contributed by atoms with E-state index < -0.39 is 17.8 Å². The van der Waals surface area contributed by atoms with Gasteiger partial charge in [0.15, 0.2) is 0 Å². The lowest BCUT2D eigenvalue weighted by Gasteiger charge is -2.35. The molecular weight excluding hydrogens is 344 g/mol. The Morgan fingerprint density at radius 3 is 2.44 bits per heavy atom. The topological polar surface area (TPSA) is 75.7 Å². The lowest BCUT2D eigenvalue weighted by Crippen LogP contribution is -2.58. The third-order valence-corrected chi connectivity index (χ3v) is 5.18. The second-order valence-electron chi connectivity index (χ2n) is 7.19. The summed E-state index contributed by atoms with van der Waals surface area (Å²) in [4.78, 5) is 38.5. The average Bonchev–Trinajstić information content (AvgIpc) is 2.67. The molecule has 1 aliphatic heterocycles. The van der Waals surface area contributed by atoms with Gasteiger partial charge in [-0.1, -0.05) is 38.3 Å². The summed E-state index contributed by atoms with van der Waals surface area (Å²) < 4.78 is 5.74. The minimum absolute atomic E-state index is 0.00392. The normalized spacial score (nSPS) is 21.3. The molecule has 3 rings (SSSR count). The van der Waals surface area contributed by atoms with Gasteiger partial charge < -0.3 is 4.74 Å². The van der Waals surface area contributed by atoms with Crippen LogP contribution in [0.1, 0.15) is 57.9 Å². The third kappa shape index (κ3) is 4.38. The van der Waals surface area contributed by atoms with Gasteiger partial charge >= 0.3 is 6.03 Å². The fourth-order valence-corrected chi connectivity index (χ4v) is 3.47. The fourth-order valence-electron chi connectivity index (χ4n) is 3.47. The minimum atomic E-state index is -0.642. The molecule has 0 aromatic heterocycles. The molecule has 0 radical (unpaired) electrons.